The molecule has 5 rings (SSSR count). The number of aromatic nitrogens is 4. The minimum Gasteiger partial charge on any atom is -0.463 e. The average molecular weight is 662 g/mol. The molecule has 0 bridgehead atoms. The first-order valence-electron chi connectivity index (χ1n) is 16.8. The van der Waals surface area contributed by atoms with Crippen LogP contribution in [0.4, 0.5) is 4.79 Å². The van der Waals surface area contributed by atoms with Crippen molar-refractivity contribution in [3.63, 3.8) is 0 Å². The third kappa shape index (κ3) is 7.30. The topological polar surface area (TPSA) is 152 Å². The summed E-state index contributed by atoms with van der Waals surface area (Å²) in [6.07, 6.45) is 2.68. The van der Waals surface area contributed by atoms with E-state index in [2.05, 4.69) is 39.9 Å². The number of aliphatic hydroxyl groups excluding tert-OH is 1. The standard InChI is InChI=1S/C35H47N7O6/c1-6-7-19-47-33-37-38-39-42(33)20-24-13-12-18-41(24)32(45)30(35(3,4)22-43)36-31(44)23(2)40(5)34(46)48-21-29-27-16-10-8-14-25(27)26-15-9-11-17-28(26)29/h8-11,14-17,23-24,29-30,43H,6-7,12-13,18-22H2,1-5H3,(H,36,44)/t23-,24-,30+/m0/s1. The number of nitrogens with zero attached hydrogens (tertiary/aromatic N) is 6. The first-order chi connectivity index (χ1) is 23.1. The lowest BCUT2D eigenvalue weighted by atomic mass is 9.84. The quantitative estimate of drug-likeness (QED) is 0.247. The summed E-state index contributed by atoms with van der Waals surface area (Å²) in [5.74, 6) is -0.969. The highest BCUT2D eigenvalue weighted by atomic mass is 16.6. The predicted octanol–water partition coefficient (Wildman–Crippen LogP) is 3.62. The van der Waals surface area contributed by atoms with E-state index in [1.165, 1.54) is 11.9 Å². The van der Waals surface area contributed by atoms with Gasteiger partial charge in [0.1, 0.15) is 18.7 Å². The zero-order valence-corrected chi connectivity index (χ0v) is 28.5. The van der Waals surface area contributed by atoms with Crippen LogP contribution in [-0.2, 0) is 20.9 Å². The number of amides is 3. The number of carbonyl (C=O) groups excluding carboxylic acids is 3. The fraction of sp³-hybridized carbons (Fsp3) is 0.543. The molecule has 3 amide bonds. The Hall–Kier alpha value is -4.52. The normalized spacial score (nSPS) is 17.0. The Morgan fingerprint density at radius 2 is 1.77 bits per heavy atom. The molecule has 2 aromatic carbocycles. The van der Waals surface area contributed by atoms with E-state index < -0.39 is 29.5 Å². The number of tetrazole rings is 1. The maximum Gasteiger partial charge on any atom is 0.410 e. The number of hydrogen-bond donors (Lipinski definition) is 2. The van der Waals surface area contributed by atoms with Crippen LogP contribution in [0, 0.1) is 5.41 Å². The highest BCUT2D eigenvalue weighted by molar-refractivity contribution is 5.92. The molecule has 1 saturated heterocycles. The Bertz CT molecular complexity index is 1550. The van der Waals surface area contributed by atoms with Gasteiger partial charge in [0, 0.05) is 24.9 Å². The van der Waals surface area contributed by atoms with Gasteiger partial charge in [0.2, 0.25) is 11.8 Å². The molecule has 258 valence electrons. The Labute approximate surface area is 281 Å². The molecule has 2 aliphatic rings. The van der Waals surface area contributed by atoms with Gasteiger partial charge in [-0.15, -0.1) is 0 Å². The molecule has 0 saturated carbocycles. The van der Waals surface area contributed by atoms with Crippen molar-refractivity contribution in [3.05, 3.63) is 59.7 Å². The summed E-state index contributed by atoms with van der Waals surface area (Å²) in [5.41, 5.74) is 3.43. The van der Waals surface area contributed by atoms with Crippen molar-refractivity contribution < 1.29 is 29.0 Å². The predicted molar refractivity (Wildman–Crippen MR) is 178 cm³/mol. The first kappa shape index (κ1) is 34.8. The van der Waals surface area contributed by atoms with E-state index in [-0.39, 0.29) is 31.1 Å². The van der Waals surface area contributed by atoms with E-state index >= 15 is 0 Å². The van der Waals surface area contributed by atoms with Gasteiger partial charge in [-0.05, 0) is 58.9 Å². The van der Waals surface area contributed by atoms with Crippen LogP contribution in [-0.4, -0.2) is 105 Å². The maximum absolute atomic E-state index is 14.1. The number of hydrogen-bond acceptors (Lipinski definition) is 9. The van der Waals surface area contributed by atoms with Gasteiger partial charge in [-0.2, -0.15) is 4.68 Å². The van der Waals surface area contributed by atoms with Gasteiger partial charge in [-0.3, -0.25) is 14.5 Å². The van der Waals surface area contributed by atoms with Crippen molar-refractivity contribution in [2.75, 3.05) is 33.4 Å². The number of unbranched alkanes of at least 4 members (excludes halogenated alkanes) is 1. The van der Waals surface area contributed by atoms with E-state index in [0.29, 0.717) is 25.7 Å². The molecule has 0 unspecified atom stereocenters. The van der Waals surface area contributed by atoms with Crippen molar-refractivity contribution in [1.29, 1.82) is 0 Å². The second kappa shape index (κ2) is 15.1. The van der Waals surface area contributed by atoms with E-state index in [1.54, 1.807) is 30.4 Å². The highest BCUT2D eigenvalue weighted by Gasteiger charge is 2.43. The number of likely N-dealkylation sites (N-methyl/N-ethyl adjacent to an activating group) is 1. The molecule has 1 aromatic heterocycles. The van der Waals surface area contributed by atoms with Crippen LogP contribution in [0.25, 0.3) is 11.1 Å². The molecule has 0 spiro atoms. The molecule has 3 atom stereocenters. The van der Waals surface area contributed by atoms with Crippen molar-refractivity contribution in [2.24, 2.45) is 5.41 Å². The zero-order chi connectivity index (χ0) is 34.4. The van der Waals surface area contributed by atoms with Gasteiger partial charge in [-0.25, -0.2) is 4.79 Å². The molecule has 2 heterocycles. The summed E-state index contributed by atoms with van der Waals surface area (Å²) >= 11 is 0. The van der Waals surface area contributed by atoms with Gasteiger partial charge >= 0.3 is 12.1 Å². The van der Waals surface area contributed by atoms with Gasteiger partial charge in [-0.1, -0.05) is 80.8 Å². The third-order valence-electron chi connectivity index (χ3n) is 9.58. The van der Waals surface area contributed by atoms with Gasteiger partial charge in [0.15, 0.2) is 0 Å². The van der Waals surface area contributed by atoms with Crippen LogP contribution >= 0.6 is 0 Å². The van der Waals surface area contributed by atoms with Crippen molar-refractivity contribution >= 4 is 17.9 Å². The van der Waals surface area contributed by atoms with Gasteiger partial charge in [0.25, 0.3) is 0 Å². The molecule has 48 heavy (non-hydrogen) atoms. The third-order valence-corrected chi connectivity index (χ3v) is 9.58. The molecule has 1 fully saturated rings. The van der Waals surface area contributed by atoms with Crippen molar-refractivity contribution in [2.45, 2.75) is 84.0 Å². The number of likely N-dealkylation sites (tertiary alicyclic amines) is 1. The first-order valence-corrected chi connectivity index (χ1v) is 16.8. The fourth-order valence-electron chi connectivity index (χ4n) is 6.38. The largest absolute Gasteiger partial charge is 0.463 e. The molecular formula is C35H47N7O6. The van der Waals surface area contributed by atoms with E-state index in [1.807, 2.05) is 36.4 Å². The lowest BCUT2D eigenvalue weighted by Gasteiger charge is -2.37. The second-order valence-corrected chi connectivity index (χ2v) is 13.4. The van der Waals surface area contributed by atoms with Crippen LogP contribution in [0.15, 0.2) is 48.5 Å². The number of rotatable bonds is 14. The summed E-state index contributed by atoms with van der Waals surface area (Å²) in [6.45, 7) is 8.18. The second-order valence-electron chi connectivity index (χ2n) is 13.4. The molecule has 0 radical (unpaired) electrons. The number of ether oxygens (including phenoxy) is 2. The summed E-state index contributed by atoms with van der Waals surface area (Å²) in [4.78, 5) is 43.9. The fourth-order valence-corrected chi connectivity index (χ4v) is 6.38. The lowest BCUT2D eigenvalue weighted by Crippen LogP contribution is -2.60. The van der Waals surface area contributed by atoms with Crippen LogP contribution in [0.1, 0.15) is 70.4 Å². The molecule has 2 N–H and O–H groups in total. The SMILES string of the molecule is CCCCOc1nnnn1C[C@@H]1CCCN1C(=O)[C@@H](NC(=O)[C@H](C)N(C)C(=O)OCC1c2ccccc2-c2ccccc21)C(C)(C)CO. The van der Waals surface area contributed by atoms with Crippen molar-refractivity contribution in [1.82, 2.24) is 35.3 Å². The molecule has 13 heteroatoms. The Kier molecular flexibility index (Phi) is 11.0. The van der Waals surface area contributed by atoms with Gasteiger partial charge < -0.3 is 24.8 Å². The highest BCUT2D eigenvalue weighted by Crippen LogP contribution is 2.44. The van der Waals surface area contributed by atoms with Gasteiger partial charge in [0.05, 0.1) is 25.8 Å². The lowest BCUT2D eigenvalue weighted by molar-refractivity contribution is -0.142. The molecule has 1 aliphatic heterocycles. The smallest absolute Gasteiger partial charge is 0.410 e. The zero-order valence-electron chi connectivity index (χ0n) is 28.5. The Morgan fingerprint density at radius 1 is 1.10 bits per heavy atom. The Morgan fingerprint density at radius 3 is 2.42 bits per heavy atom. The number of aliphatic hydroxyl groups is 1. The summed E-state index contributed by atoms with van der Waals surface area (Å²) in [7, 11) is 1.50. The van der Waals surface area contributed by atoms with E-state index in [0.717, 1.165) is 47.9 Å². The number of benzene rings is 2. The minimum atomic E-state index is -1.05. The number of nitrogens with one attached hydrogen (secondary N) is 1. The molecule has 1 aliphatic carbocycles. The maximum atomic E-state index is 14.1. The van der Waals surface area contributed by atoms with Crippen LogP contribution in [0.2, 0.25) is 0 Å². The van der Waals surface area contributed by atoms with Crippen LogP contribution in [0.3, 0.4) is 0 Å². The van der Waals surface area contributed by atoms with Crippen LogP contribution < -0.4 is 10.1 Å². The average Bonchev–Trinajstić information content (AvgIpc) is 3.83. The number of fused-ring (bicyclic) bond motifs is 3. The molecule has 13 nitrogen and oxygen atoms in total. The monoisotopic (exact) mass is 661 g/mol. The summed E-state index contributed by atoms with van der Waals surface area (Å²) in [5, 5.41) is 24.9. The van der Waals surface area contributed by atoms with E-state index in [4.69, 9.17) is 9.47 Å². The minimum absolute atomic E-state index is 0.118. The number of carbonyl (C=O) groups is 3. The Balaban J connectivity index is 1.23. The van der Waals surface area contributed by atoms with Crippen LogP contribution in [0.5, 0.6) is 6.01 Å². The summed E-state index contributed by atoms with van der Waals surface area (Å²) < 4.78 is 13.1. The van der Waals surface area contributed by atoms with Crippen molar-refractivity contribution in [3.8, 4) is 17.1 Å². The summed E-state index contributed by atoms with van der Waals surface area (Å²) in [6, 6.07) is 14.2. The molecular weight excluding hydrogens is 614 g/mol. The molecule has 3 aromatic rings. The van der Waals surface area contributed by atoms with E-state index in [9.17, 15) is 19.5 Å².